The number of halogens is 6. The molecule has 1 amide bonds. The van der Waals surface area contributed by atoms with E-state index in [0.29, 0.717) is 12.1 Å². The van der Waals surface area contributed by atoms with Gasteiger partial charge in [-0.25, -0.2) is 13.2 Å². The fourth-order valence-corrected chi connectivity index (χ4v) is 3.18. The van der Waals surface area contributed by atoms with Crippen LogP contribution in [0.25, 0.3) is 10.9 Å². The Morgan fingerprint density at radius 3 is 2.33 bits per heavy atom. The van der Waals surface area contributed by atoms with E-state index in [2.05, 4.69) is 10.3 Å². The number of carbonyl (C=O) groups is 1. The molecule has 0 aliphatic heterocycles. The molecular weight excluding hydrogens is 414 g/mol. The number of pyridine rings is 1. The first-order valence-electron chi connectivity index (χ1n) is 8.63. The van der Waals surface area contributed by atoms with E-state index in [1.165, 1.54) is 6.92 Å². The Balaban J connectivity index is 1.97. The van der Waals surface area contributed by atoms with Crippen molar-refractivity contribution in [3.63, 3.8) is 0 Å². The summed E-state index contributed by atoms with van der Waals surface area (Å²) in [7, 11) is 0. The van der Waals surface area contributed by atoms with Crippen molar-refractivity contribution in [2.24, 2.45) is 0 Å². The predicted octanol–water partition coefficient (Wildman–Crippen LogP) is 4.38. The monoisotopic (exact) mass is 428 g/mol. The van der Waals surface area contributed by atoms with E-state index in [9.17, 15) is 35.9 Å². The van der Waals surface area contributed by atoms with Crippen LogP contribution >= 0.6 is 0 Å². The van der Waals surface area contributed by atoms with Gasteiger partial charge >= 0.3 is 6.18 Å². The molecule has 0 fully saturated rings. The Bertz CT molecular complexity index is 1190. The molecule has 2 aromatic carbocycles. The molecule has 1 aromatic heterocycles. The molecule has 0 bridgehead atoms. The van der Waals surface area contributed by atoms with E-state index >= 15 is 0 Å². The van der Waals surface area contributed by atoms with Gasteiger partial charge < -0.3 is 10.3 Å². The van der Waals surface area contributed by atoms with Crippen LogP contribution in [0.5, 0.6) is 0 Å². The quantitative estimate of drug-likeness (QED) is 0.606. The van der Waals surface area contributed by atoms with E-state index < -0.39 is 64.1 Å². The highest BCUT2D eigenvalue weighted by molar-refractivity contribution is 5.86. The average molecular weight is 428 g/mol. The third kappa shape index (κ3) is 4.32. The first-order valence-corrected chi connectivity index (χ1v) is 8.63. The molecule has 30 heavy (non-hydrogen) atoms. The summed E-state index contributed by atoms with van der Waals surface area (Å²) in [5, 5.41) is 1.68. The predicted molar refractivity (Wildman–Crippen MR) is 96.1 cm³/mol. The molecular formula is C20H14F6N2O2. The Labute approximate surface area is 165 Å². The number of carbonyl (C=O) groups excluding carboxylic acids is 1. The maximum absolute atomic E-state index is 13.8. The van der Waals surface area contributed by atoms with Crippen molar-refractivity contribution in [3.05, 3.63) is 80.9 Å². The van der Waals surface area contributed by atoms with Crippen LogP contribution in [-0.2, 0) is 17.4 Å². The first-order chi connectivity index (χ1) is 14.0. The molecule has 1 heterocycles. The highest BCUT2D eigenvalue weighted by Crippen LogP contribution is 2.36. The largest absolute Gasteiger partial charge is 0.417 e. The Morgan fingerprint density at radius 1 is 1.07 bits per heavy atom. The summed E-state index contributed by atoms with van der Waals surface area (Å²) in [6.45, 7) is 1.35. The third-order valence-electron chi connectivity index (χ3n) is 4.50. The van der Waals surface area contributed by atoms with Gasteiger partial charge in [0.1, 0.15) is 17.5 Å². The maximum atomic E-state index is 13.8. The van der Waals surface area contributed by atoms with Crippen LogP contribution in [0.1, 0.15) is 29.7 Å². The number of rotatable bonds is 4. The second-order valence-electron chi connectivity index (χ2n) is 6.63. The molecule has 1 atom stereocenters. The molecule has 0 unspecified atom stereocenters. The fraction of sp³-hybridized carbons (Fsp3) is 0.200. The molecule has 0 aliphatic rings. The topological polar surface area (TPSA) is 62.0 Å². The molecule has 10 heteroatoms. The number of nitrogens with one attached hydrogen (secondary N) is 2. The van der Waals surface area contributed by atoms with E-state index in [4.69, 9.17) is 0 Å². The van der Waals surface area contributed by atoms with Crippen molar-refractivity contribution < 1.29 is 31.1 Å². The number of alkyl halides is 3. The van der Waals surface area contributed by atoms with Gasteiger partial charge in [0.2, 0.25) is 5.91 Å². The van der Waals surface area contributed by atoms with Crippen LogP contribution in [0, 0.1) is 17.5 Å². The molecule has 0 spiro atoms. The van der Waals surface area contributed by atoms with Gasteiger partial charge in [0.25, 0.3) is 5.56 Å². The van der Waals surface area contributed by atoms with Gasteiger partial charge in [-0.1, -0.05) is 6.07 Å². The van der Waals surface area contributed by atoms with Gasteiger partial charge in [0, 0.05) is 28.1 Å². The van der Waals surface area contributed by atoms with E-state index in [1.54, 1.807) is 0 Å². The lowest BCUT2D eigenvalue weighted by molar-refractivity contribution is -0.137. The van der Waals surface area contributed by atoms with Gasteiger partial charge in [-0.05, 0) is 31.2 Å². The standard InChI is InChI=1S/C20H14F6N2O2/c1-9(12-4-2-11(22)7-15(12)23)27-17(29)8-14-18(20(24,25)26)13-6-10(21)3-5-16(13)28-19(14)30/h2-7,9H,8H2,1H3,(H,27,29)(H,28,30)/t9-/m0/s1. The first kappa shape index (κ1) is 21.4. The molecule has 4 nitrogen and oxygen atoms in total. The van der Waals surface area contributed by atoms with Crippen LogP contribution in [0.4, 0.5) is 26.3 Å². The molecule has 0 radical (unpaired) electrons. The zero-order valence-electron chi connectivity index (χ0n) is 15.3. The number of hydrogen-bond acceptors (Lipinski definition) is 2. The smallest absolute Gasteiger partial charge is 0.349 e. The van der Waals surface area contributed by atoms with Crippen LogP contribution in [0.3, 0.4) is 0 Å². The number of aromatic nitrogens is 1. The minimum atomic E-state index is -5.04. The Kier molecular flexibility index (Phi) is 5.60. The number of benzene rings is 2. The summed E-state index contributed by atoms with van der Waals surface area (Å²) in [6.07, 6.45) is -6.02. The number of amides is 1. The number of hydrogen-bond donors (Lipinski definition) is 2. The number of H-pyrrole nitrogens is 1. The van der Waals surface area contributed by atoms with E-state index in [1.807, 2.05) is 0 Å². The van der Waals surface area contributed by atoms with Gasteiger partial charge in [0.05, 0.1) is 18.0 Å². The highest BCUT2D eigenvalue weighted by Gasteiger charge is 2.37. The van der Waals surface area contributed by atoms with Crippen LogP contribution in [-0.4, -0.2) is 10.9 Å². The molecule has 0 saturated heterocycles. The minimum absolute atomic E-state index is 0.0877. The summed E-state index contributed by atoms with van der Waals surface area (Å²) >= 11 is 0. The summed E-state index contributed by atoms with van der Waals surface area (Å²) in [6, 6.07) is 4.14. The zero-order chi connectivity index (χ0) is 22.2. The summed E-state index contributed by atoms with van der Waals surface area (Å²) in [5.41, 5.74) is -3.80. The molecule has 3 aromatic rings. The summed E-state index contributed by atoms with van der Waals surface area (Å²) in [4.78, 5) is 26.7. The second-order valence-corrected chi connectivity index (χ2v) is 6.63. The number of fused-ring (bicyclic) bond motifs is 1. The van der Waals surface area contributed by atoms with Crippen molar-refractivity contribution in [1.29, 1.82) is 0 Å². The molecule has 3 rings (SSSR count). The SMILES string of the molecule is C[C@H](NC(=O)Cc1c(C(F)(F)F)c2cc(F)ccc2[nH]c1=O)c1ccc(F)cc1F. The lowest BCUT2D eigenvalue weighted by Gasteiger charge is -2.18. The minimum Gasteiger partial charge on any atom is -0.349 e. The second kappa shape index (κ2) is 7.85. The lowest BCUT2D eigenvalue weighted by atomic mass is 9.99. The summed E-state index contributed by atoms with van der Waals surface area (Å²) in [5.74, 6) is -3.73. The highest BCUT2D eigenvalue weighted by atomic mass is 19.4. The van der Waals surface area contributed by atoms with Crippen molar-refractivity contribution in [1.82, 2.24) is 10.3 Å². The van der Waals surface area contributed by atoms with Crippen molar-refractivity contribution in [2.75, 3.05) is 0 Å². The van der Waals surface area contributed by atoms with E-state index in [-0.39, 0.29) is 11.1 Å². The average Bonchev–Trinajstić information content (AvgIpc) is 2.61. The maximum Gasteiger partial charge on any atom is 0.417 e. The summed E-state index contributed by atoms with van der Waals surface area (Å²) < 4.78 is 81.4. The molecule has 2 N–H and O–H groups in total. The Hall–Kier alpha value is -3.30. The van der Waals surface area contributed by atoms with Gasteiger partial charge in [0.15, 0.2) is 0 Å². The molecule has 0 saturated carbocycles. The van der Waals surface area contributed by atoms with Gasteiger partial charge in [-0.2, -0.15) is 13.2 Å². The van der Waals surface area contributed by atoms with Crippen molar-refractivity contribution in [3.8, 4) is 0 Å². The third-order valence-corrected chi connectivity index (χ3v) is 4.50. The zero-order valence-corrected chi connectivity index (χ0v) is 15.3. The van der Waals surface area contributed by atoms with Crippen molar-refractivity contribution in [2.45, 2.75) is 25.6 Å². The Morgan fingerprint density at radius 2 is 1.70 bits per heavy atom. The normalized spacial score (nSPS) is 12.8. The number of aromatic amines is 1. The molecule has 0 aliphatic carbocycles. The van der Waals surface area contributed by atoms with Crippen LogP contribution in [0.15, 0.2) is 41.2 Å². The van der Waals surface area contributed by atoms with Crippen LogP contribution < -0.4 is 10.9 Å². The van der Waals surface area contributed by atoms with Gasteiger partial charge in [-0.3, -0.25) is 9.59 Å². The van der Waals surface area contributed by atoms with Crippen LogP contribution in [0.2, 0.25) is 0 Å². The fourth-order valence-electron chi connectivity index (χ4n) is 3.18. The molecule has 158 valence electrons. The van der Waals surface area contributed by atoms with Gasteiger partial charge in [-0.15, -0.1) is 0 Å². The lowest BCUT2D eigenvalue weighted by Crippen LogP contribution is -2.32. The van der Waals surface area contributed by atoms with E-state index in [0.717, 1.165) is 24.3 Å². The van der Waals surface area contributed by atoms with Crippen molar-refractivity contribution >= 4 is 16.8 Å².